The van der Waals surface area contributed by atoms with E-state index in [0.717, 1.165) is 16.5 Å². The van der Waals surface area contributed by atoms with Gasteiger partial charge in [-0.05, 0) is 42.0 Å². The quantitative estimate of drug-likeness (QED) is 0.449. The number of fused-ring (bicyclic) bond motifs is 1. The molecule has 0 aliphatic carbocycles. The number of furan rings is 1. The van der Waals surface area contributed by atoms with Crippen LogP contribution in [0.25, 0.3) is 22.4 Å². The van der Waals surface area contributed by atoms with E-state index in [0.29, 0.717) is 49.7 Å². The number of methoxy groups -OCH3 is 1. The Balaban J connectivity index is 1.32. The Hall–Kier alpha value is -3.71. The number of rotatable bonds is 5. The van der Waals surface area contributed by atoms with Gasteiger partial charge in [-0.2, -0.15) is 0 Å². The van der Waals surface area contributed by atoms with Crippen LogP contribution in [-0.4, -0.2) is 54.0 Å². The van der Waals surface area contributed by atoms with Gasteiger partial charge in [-0.1, -0.05) is 24.3 Å². The van der Waals surface area contributed by atoms with Crippen molar-refractivity contribution in [3.8, 4) is 17.2 Å². The fourth-order valence-corrected chi connectivity index (χ4v) is 4.25. The third-order valence-corrected chi connectivity index (χ3v) is 6.00. The lowest BCUT2D eigenvalue weighted by Gasteiger charge is -2.35. The molecule has 2 aromatic heterocycles. The van der Waals surface area contributed by atoms with Gasteiger partial charge < -0.3 is 14.1 Å². The monoisotopic (exact) mass is 445 g/mol. The topological polar surface area (TPSA) is 58.8 Å². The zero-order chi connectivity index (χ0) is 22.8. The molecule has 3 heterocycles. The number of ether oxygens (including phenoxy) is 1. The molecule has 2 aromatic carbocycles. The van der Waals surface area contributed by atoms with E-state index >= 15 is 0 Å². The van der Waals surface area contributed by atoms with Crippen molar-refractivity contribution in [2.24, 2.45) is 0 Å². The van der Waals surface area contributed by atoms with Crippen LogP contribution in [0.2, 0.25) is 0 Å². The van der Waals surface area contributed by atoms with Gasteiger partial charge >= 0.3 is 0 Å². The minimum atomic E-state index is -0.360. The van der Waals surface area contributed by atoms with Crippen molar-refractivity contribution in [3.05, 3.63) is 83.9 Å². The van der Waals surface area contributed by atoms with Gasteiger partial charge in [0.05, 0.1) is 24.5 Å². The summed E-state index contributed by atoms with van der Waals surface area (Å²) in [6.45, 7) is 3.26. The number of para-hydroxylation sites is 1. The molecule has 7 heteroatoms. The van der Waals surface area contributed by atoms with Crippen molar-refractivity contribution >= 4 is 16.8 Å². The number of benzene rings is 2. The largest absolute Gasteiger partial charge is 0.494 e. The highest BCUT2D eigenvalue weighted by atomic mass is 19.1. The van der Waals surface area contributed by atoms with Gasteiger partial charge in [0, 0.05) is 38.1 Å². The van der Waals surface area contributed by atoms with Crippen molar-refractivity contribution in [2.45, 2.75) is 6.54 Å². The fourth-order valence-electron chi connectivity index (χ4n) is 4.25. The molecule has 1 aliphatic heterocycles. The minimum absolute atomic E-state index is 0.0171. The Kier molecular flexibility index (Phi) is 5.79. The third kappa shape index (κ3) is 4.32. The maximum absolute atomic E-state index is 14.0. The molecule has 1 fully saturated rings. The molecule has 1 amide bonds. The molecule has 1 saturated heterocycles. The van der Waals surface area contributed by atoms with Crippen LogP contribution in [0.5, 0.6) is 5.75 Å². The van der Waals surface area contributed by atoms with Gasteiger partial charge in [-0.3, -0.25) is 9.69 Å². The molecule has 0 saturated carbocycles. The van der Waals surface area contributed by atoms with Crippen LogP contribution < -0.4 is 4.74 Å². The van der Waals surface area contributed by atoms with Gasteiger partial charge in [-0.25, -0.2) is 9.37 Å². The van der Waals surface area contributed by atoms with E-state index in [1.54, 1.807) is 12.3 Å². The number of carbonyl (C=O) groups excluding carboxylic acids is 1. The number of halogens is 1. The van der Waals surface area contributed by atoms with Gasteiger partial charge in [0.1, 0.15) is 5.69 Å². The summed E-state index contributed by atoms with van der Waals surface area (Å²) < 4.78 is 24.5. The maximum atomic E-state index is 14.0. The van der Waals surface area contributed by atoms with E-state index < -0.39 is 0 Å². The van der Waals surface area contributed by atoms with Crippen molar-refractivity contribution in [3.63, 3.8) is 0 Å². The molecule has 0 radical (unpaired) electrons. The van der Waals surface area contributed by atoms with E-state index in [1.165, 1.54) is 13.2 Å². The second-order valence-electron chi connectivity index (χ2n) is 8.09. The summed E-state index contributed by atoms with van der Waals surface area (Å²) >= 11 is 0. The molecular weight excluding hydrogens is 421 g/mol. The number of piperazine rings is 1. The van der Waals surface area contributed by atoms with E-state index in [4.69, 9.17) is 9.15 Å². The highest BCUT2D eigenvalue weighted by molar-refractivity contribution is 6.07. The lowest BCUT2D eigenvalue weighted by atomic mass is 10.0. The standard InChI is InChI=1S/C26H24FN3O3/c1-32-24-9-8-18(15-21(24)27)17-29-10-12-30(13-11-29)26(31)20-16-23(25-7-4-14-33-25)28-22-6-3-2-5-19(20)22/h2-9,14-16H,10-13,17H2,1H3. The average molecular weight is 445 g/mol. The van der Waals surface area contributed by atoms with Crippen molar-refractivity contribution in [1.82, 2.24) is 14.8 Å². The molecular formula is C26H24FN3O3. The van der Waals surface area contributed by atoms with Crippen molar-refractivity contribution in [2.75, 3.05) is 33.3 Å². The molecule has 0 unspecified atom stereocenters. The number of aromatic nitrogens is 1. The Morgan fingerprint density at radius 3 is 2.61 bits per heavy atom. The molecule has 5 rings (SSSR count). The fraction of sp³-hybridized carbons (Fsp3) is 0.231. The van der Waals surface area contributed by atoms with E-state index in [9.17, 15) is 9.18 Å². The zero-order valence-electron chi connectivity index (χ0n) is 18.3. The molecule has 0 N–H and O–H groups in total. The average Bonchev–Trinajstić information content (AvgIpc) is 3.39. The first kappa shape index (κ1) is 21.2. The summed E-state index contributed by atoms with van der Waals surface area (Å²) in [5.74, 6) is 0.497. The molecule has 168 valence electrons. The van der Waals surface area contributed by atoms with Crippen LogP contribution in [0.1, 0.15) is 15.9 Å². The Labute approximate surface area is 191 Å². The smallest absolute Gasteiger partial charge is 0.254 e. The molecule has 6 nitrogen and oxygen atoms in total. The number of hydrogen-bond acceptors (Lipinski definition) is 5. The van der Waals surface area contributed by atoms with Gasteiger partial charge in [-0.15, -0.1) is 0 Å². The van der Waals surface area contributed by atoms with Gasteiger partial charge in [0.25, 0.3) is 5.91 Å². The lowest BCUT2D eigenvalue weighted by Crippen LogP contribution is -2.48. The van der Waals surface area contributed by atoms with Gasteiger partial charge in [0.15, 0.2) is 17.3 Å². The maximum Gasteiger partial charge on any atom is 0.254 e. The number of nitrogens with zero attached hydrogens (tertiary/aromatic N) is 3. The second kappa shape index (κ2) is 9.03. The van der Waals surface area contributed by atoms with Crippen LogP contribution in [0.3, 0.4) is 0 Å². The third-order valence-electron chi connectivity index (χ3n) is 6.00. The van der Waals surface area contributed by atoms with Crippen molar-refractivity contribution < 1.29 is 18.3 Å². The number of amides is 1. The minimum Gasteiger partial charge on any atom is -0.494 e. The molecule has 33 heavy (non-hydrogen) atoms. The highest BCUT2D eigenvalue weighted by Gasteiger charge is 2.25. The summed E-state index contributed by atoms with van der Waals surface area (Å²) in [5.41, 5.74) is 2.91. The summed E-state index contributed by atoms with van der Waals surface area (Å²) in [4.78, 5) is 22.3. The van der Waals surface area contributed by atoms with Crippen LogP contribution in [0.4, 0.5) is 4.39 Å². The number of pyridine rings is 1. The van der Waals surface area contributed by atoms with E-state index in [2.05, 4.69) is 9.88 Å². The van der Waals surface area contributed by atoms with E-state index in [1.807, 2.05) is 53.4 Å². The second-order valence-corrected chi connectivity index (χ2v) is 8.09. The predicted octanol–water partition coefficient (Wildman–Crippen LogP) is 4.60. The van der Waals surface area contributed by atoms with E-state index in [-0.39, 0.29) is 17.5 Å². The summed E-state index contributed by atoms with van der Waals surface area (Å²) in [7, 11) is 1.46. The SMILES string of the molecule is COc1ccc(CN2CCN(C(=O)c3cc(-c4ccco4)nc4ccccc34)CC2)cc1F. The van der Waals surface area contributed by atoms with Crippen LogP contribution in [0.15, 0.2) is 71.3 Å². The number of hydrogen-bond donors (Lipinski definition) is 0. The first-order valence-corrected chi connectivity index (χ1v) is 10.9. The Morgan fingerprint density at radius 1 is 1.06 bits per heavy atom. The Morgan fingerprint density at radius 2 is 1.88 bits per heavy atom. The molecule has 0 bridgehead atoms. The van der Waals surface area contributed by atoms with Crippen LogP contribution >= 0.6 is 0 Å². The predicted molar refractivity (Wildman–Crippen MR) is 124 cm³/mol. The number of carbonyl (C=O) groups is 1. The molecule has 0 atom stereocenters. The molecule has 4 aromatic rings. The van der Waals surface area contributed by atoms with Crippen LogP contribution in [0, 0.1) is 5.82 Å². The molecule has 1 aliphatic rings. The summed E-state index contributed by atoms with van der Waals surface area (Å²) in [6, 6.07) is 18.2. The first-order valence-electron chi connectivity index (χ1n) is 10.9. The summed E-state index contributed by atoms with van der Waals surface area (Å²) in [6.07, 6.45) is 1.60. The highest BCUT2D eigenvalue weighted by Crippen LogP contribution is 2.27. The first-order chi connectivity index (χ1) is 16.1. The normalized spacial score (nSPS) is 14.5. The van der Waals surface area contributed by atoms with Crippen LogP contribution in [-0.2, 0) is 6.54 Å². The Bertz CT molecular complexity index is 1280. The zero-order valence-corrected chi connectivity index (χ0v) is 18.3. The van der Waals surface area contributed by atoms with Gasteiger partial charge in [0.2, 0.25) is 0 Å². The molecule has 0 spiro atoms. The summed E-state index contributed by atoms with van der Waals surface area (Å²) in [5, 5.41) is 0.828. The van der Waals surface area contributed by atoms with Crippen molar-refractivity contribution in [1.29, 1.82) is 0 Å². The lowest BCUT2D eigenvalue weighted by molar-refractivity contribution is 0.0630.